The maximum Gasteiger partial charge on any atom is 0.237 e. The fraction of sp³-hybridized carbons (Fsp3) is 0.227. The van der Waals surface area contributed by atoms with Gasteiger partial charge in [0.05, 0.1) is 5.25 Å². The second-order valence-electron chi connectivity index (χ2n) is 6.48. The Hall–Kier alpha value is -3.06. The molecule has 1 atom stereocenters. The number of rotatable bonds is 9. The second kappa shape index (κ2) is 9.93. The summed E-state index contributed by atoms with van der Waals surface area (Å²) in [5, 5.41) is 11.5. The summed E-state index contributed by atoms with van der Waals surface area (Å²) in [5.41, 5.74) is 1.83. The number of carbonyl (C=O) groups is 1. The van der Waals surface area contributed by atoms with Crippen LogP contribution in [-0.2, 0) is 17.9 Å². The lowest BCUT2D eigenvalue weighted by atomic mass is 10.2. The van der Waals surface area contributed by atoms with Crippen LogP contribution in [0.25, 0.3) is 0 Å². The molecule has 1 N–H and O–H groups in total. The van der Waals surface area contributed by atoms with E-state index in [1.807, 2.05) is 73.0 Å². The molecule has 1 aromatic heterocycles. The van der Waals surface area contributed by atoms with Crippen molar-refractivity contribution >= 4 is 23.4 Å². The molecule has 2 aromatic carbocycles. The first-order chi connectivity index (χ1) is 14.1. The van der Waals surface area contributed by atoms with E-state index in [1.54, 1.807) is 6.08 Å². The summed E-state index contributed by atoms with van der Waals surface area (Å²) in [6.07, 6.45) is 1.78. The van der Waals surface area contributed by atoms with E-state index < -0.39 is 0 Å². The van der Waals surface area contributed by atoms with Gasteiger partial charge < -0.3 is 14.6 Å². The summed E-state index contributed by atoms with van der Waals surface area (Å²) in [4.78, 5) is 12.5. The van der Waals surface area contributed by atoms with Crippen molar-refractivity contribution < 1.29 is 9.53 Å². The first-order valence-corrected chi connectivity index (χ1v) is 10.2. The highest BCUT2D eigenvalue weighted by molar-refractivity contribution is 8.00. The number of aromatic nitrogens is 3. The highest BCUT2D eigenvalue weighted by atomic mass is 32.2. The predicted molar refractivity (Wildman–Crippen MR) is 116 cm³/mol. The molecule has 0 aliphatic rings. The number of anilines is 1. The van der Waals surface area contributed by atoms with E-state index in [4.69, 9.17) is 4.74 Å². The van der Waals surface area contributed by atoms with E-state index in [0.29, 0.717) is 18.3 Å². The van der Waals surface area contributed by atoms with Gasteiger partial charge in [0.2, 0.25) is 5.91 Å². The molecule has 1 heterocycles. The number of nitrogens with one attached hydrogen (secondary N) is 1. The molecule has 0 bridgehead atoms. The molecule has 0 aliphatic carbocycles. The minimum absolute atomic E-state index is 0.0984. The molecule has 6 nitrogen and oxygen atoms in total. The highest BCUT2D eigenvalue weighted by Crippen LogP contribution is 2.24. The van der Waals surface area contributed by atoms with Crippen molar-refractivity contribution in [2.45, 2.75) is 37.4 Å². The van der Waals surface area contributed by atoms with Gasteiger partial charge in [-0.05, 0) is 43.7 Å². The van der Waals surface area contributed by atoms with Crippen molar-refractivity contribution in [2.24, 2.45) is 0 Å². The second-order valence-corrected chi connectivity index (χ2v) is 7.79. The molecule has 7 heteroatoms. The average molecular weight is 409 g/mol. The van der Waals surface area contributed by atoms with Crippen LogP contribution in [0, 0.1) is 6.92 Å². The monoisotopic (exact) mass is 408 g/mol. The number of hydrogen-bond acceptors (Lipinski definition) is 5. The number of carbonyl (C=O) groups excluding carboxylic acids is 1. The van der Waals surface area contributed by atoms with Crippen LogP contribution in [0.15, 0.2) is 72.4 Å². The largest absolute Gasteiger partial charge is 0.489 e. The number of amides is 1. The van der Waals surface area contributed by atoms with Crippen LogP contribution in [-0.4, -0.2) is 25.9 Å². The standard InChI is InChI=1S/C22H24N4O2S/c1-4-14-26-17(3)24-25-22(26)29-16(2)21(27)23-19-10-12-20(13-11-19)28-15-18-8-6-5-7-9-18/h4-13,16H,1,14-15H2,2-3H3,(H,23,27)/t16-/m0/s1. The summed E-state index contributed by atoms with van der Waals surface area (Å²) < 4.78 is 7.70. The molecule has 0 spiro atoms. The number of nitrogens with zero attached hydrogens (tertiary/aromatic N) is 3. The molecule has 29 heavy (non-hydrogen) atoms. The summed E-state index contributed by atoms with van der Waals surface area (Å²) in [5.74, 6) is 1.45. The maximum absolute atomic E-state index is 12.5. The van der Waals surface area contributed by atoms with Crippen molar-refractivity contribution in [3.8, 4) is 5.75 Å². The molecule has 150 valence electrons. The Kier molecular flexibility index (Phi) is 7.08. The van der Waals surface area contributed by atoms with Crippen LogP contribution < -0.4 is 10.1 Å². The third kappa shape index (κ3) is 5.71. The van der Waals surface area contributed by atoms with Crippen molar-refractivity contribution in [1.82, 2.24) is 14.8 Å². The quantitative estimate of drug-likeness (QED) is 0.418. The fourth-order valence-corrected chi connectivity index (χ4v) is 3.52. The highest BCUT2D eigenvalue weighted by Gasteiger charge is 2.19. The normalized spacial score (nSPS) is 11.7. The number of aryl methyl sites for hydroxylation is 1. The zero-order valence-corrected chi connectivity index (χ0v) is 17.4. The van der Waals surface area contributed by atoms with Gasteiger partial charge in [-0.1, -0.05) is 48.2 Å². The molecule has 1 amide bonds. The van der Waals surface area contributed by atoms with Crippen molar-refractivity contribution in [1.29, 1.82) is 0 Å². The van der Waals surface area contributed by atoms with Crippen LogP contribution >= 0.6 is 11.8 Å². The lowest BCUT2D eigenvalue weighted by Gasteiger charge is -2.13. The zero-order valence-electron chi connectivity index (χ0n) is 16.5. The van der Waals surface area contributed by atoms with Crippen LogP contribution in [0.5, 0.6) is 5.75 Å². The number of thioether (sulfide) groups is 1. The lowest BCUT2D eigenvalue weighted by molar-refractivity contribution is -0.115. The maximum atomic E-state index is 12.5. The van der Waals surface area contributed by atoms with E-state index in [-0.39, 0.29) is 11.2 Å². The number of ether oxygens (including phenoxy) is 1. The van der Waals surface area contributed by atoms with Gasteiger partial charge in [-0.3, -0.25) is 4.79 Å². The van der Waals surface area contributed by atoms with Gasteiger partial charge in [0.25, 0.3) is 0 Å². The third-order valence-corrected chi connectivity index (χ3v) is 5.32. The van der Waals surface area contributed by atoms with Gasteiger partial charge in [-0.2, -0.15) is 0 Å². The Morgan fingerprint density at radius 1 is 1.21 bits per heavy atom. The van der Waals surface area contributed by atoms with Crippen LogP contribution in [0.1, 0.15) is 18.3 Å². The van der Waals surface area contributed by atoms with Crippen molar-refractivity contribution in [2.75, 3.05) is 5.32 Å². The minimum atomic E-state index is -0.323. The summed E-state index contributed by atoms with van der Waals surface area (Å²) in [7, 11) is 0. The van der Waals surface area contributed by atoms with E-state index in [2.05, 4.69) is 22.1 Å². The number of benzene rings is 2. The van der Waals surface area contributed by atoms with Gasteiger partial charge in [-0.15, -0.1) is 16.8 Å². The third-order valence-electron chi connectivity index (χ3n) is 4.24. The van der Waals surface area contributed by atoms with E-state index in [9.17, 15) is 4.79 Å². The predicted octanol–water partition coefficient (Wildman–Crippen LogP) is 4.47. The van der Waals surface area contributed by atoms with Gasteiger partial charge in [0, 0.05) is 12.2 Å². The van der Waals surface area contributed by atoms with Crippen LogP contribution in [0.3, 0.4) is 0 Å². The molecule has 0 unspecified atom stereocenters. The Morgan fingerprint density at radius 2 is 1.93 bits per heavy atom. The van der Waals surface area contributed by atoms with E-state index in [1.165, 1.54) is 11.8 Å². The summed E-state index contributed by atoms with van der Waals surface area (Å²) in [6, 6.07) is 17.3. The first-order valence-electron chi connectivity index (χ1n) is 9.32. The van der Waals surface area contributed by atoms with Gasteiger partial charge in [-0.25, -0.2) is 0 Å². The van der Waals surface area contributed by atoms with Crippen molar-refractivity contribution in [3.05, 3.63) is 78.6 Å². The molecule has 0 saturated carbocycles. The molecular weight excluding hydrogens is 384 g/mol. The lowest BCUT2D eigenvalue weighted by Crippen LogP contribution is -2.23. The molecule has 0 radical (unpaired) electrons. The summed E-state index contributed by atoms with van der Waals surface area (Å²) >= 11 is 1.37. The SMILES string of the molecule is C=CCn1c(C)nnc1S[C@@H](C)C(=O)Nc1ccc(OCc2ccccc2)cc1. The van der Waals surface area contributed by atoms with Crippen LogP contribution in [0.4, 0.5) is 5.69 Å². The number of allylic oxidation sites excluding steroid dienone is 1. The molecular formula is C22H24N4O2S. The summed E-state index contributed by atoms with van der Waals surface area (Å²) in [6.45, 7) is 8.59. The smallest absolute Gasteiger partial charge is 0.237 e. The van der Waals surface area contributed by atoms with E-state index >= 15 is 0 Å². The Balaban J connectivity index is 1.54. The zero-order chi connectivity index (χ0) is 20.6. The van der Waals surface area contributed by atoms with E-state index in [0.717, 1.165) is 22.8 Å². The molecule has 3 rings (SSSR count). The van der Waals surface area contributed by atoms with Gasteiger partial charge in [0.1, 0.15) is 18.2 Å². The van der Waals surface area contributed by atoms with Gasteiger partial charge >= 0.3 is 0 Å². The fourth-order valence-electron chi connectivity index (χ4n) is 2.62. The first kappa shape index (κ1) is 20.7. The average Bonchev–Trinajstić information content (AvgIpc) is 3.08. The molecule has 3 aromatic rings. The topological polar surface area (TPSA) is 69.0 Å². The van der Waals surface area contributed by atoms with Crippen LogP contribution in [0.2, 0.25) is 0 Å². The minimum Gasteiger partial charge on any atom is -0.489 e. The van der Waals surface area contributed by atoms with Crippen molar-refractivity contribution in [3.63, 3.8) is 0 Å². The molecule has 0 saturated heterocycles. The Labute approximate surface area is 175 Å². The Morgan fingerprint density at radius 3 is 2.62 bits per heavy atom. The van der Waals surface area contributed by atoms with Gasteiger partial charge in [0.15, 0.2) is 5.16 Å². The molecule has 0 aliphatic heterocycles. The number of hydrogen-bond donors (Lipinski definition) is 1. The Bertz CT molecular complexity index is 955. The molecule has 0 fully saturated rings.